The Kier molecular flexibility index (Phi) is 7.50. The van der Waals surface area contributed by atoms with Gasteiger partial charge in [-0.3, -0.25) is 10.1 Å². The van der Waals surface area contributed by atoms with Gasteiger partial charge in [0.25, 0.3) is 5.91 Å². The number of hydrazone groups is 1. The number of nitrogens with zero attached hydrogens (tertiary/aromatic N) is 3. The monoisotopic (exact) mass is 474 g/mol. The molecule has 2 aromatic rings. The molecular formula is C22H27FN6O3S. The normalized spacial score (nSPS) is 22.9. The van der Waals surface area contributed by atoms with Gasteiger partial charge in [0.15, 0.2) is 17.7 Å². The van der Waals surface area contributed by atoms with Crippen LogP contribution in [0, 0.1) is 11.7 Å². The topological polar surface area (TPSA) is 110 Å². The van der Waals surface area contributed by atoms with Gasteiger partial charge in [0.1, 0.15) is 0 Å². The van der Waals surface area contributed by atoms with Crippen LogP contribution in [0.15, 0.2) is 35.5 Å². The van der Waals surface area contributed by atoms with E-state index in [0.29, 0.717) is 33.8 Å². The molecular weight excluding hydrogens is 447 g/mol. The lowest BCUT2D eigenvalue weighted by Crippen LogP contribution is -2.37. The second-order valence-electron chi connectivity index (χ2n) is 7.99. The van der Waals surface area contributed by atoms with Gasteiger partial charge >= 0.3 is 0 Å². The highest BCUT2D eigenvalue weighted by atomic mass is 32.1. The van der Waals surface area contributed by atoms with Crippen LogP contribution in [0.2, 0.25) is 0 Å². The number of carbonyl (C=O) groups is 1. The molecule has 0 bridgehead atoms. The molecule has 1 aromatic carbocycles. The maximum atomic E-state index is 13.7. The Hall–Kier alpha value is -3.05. The molecule has 0 radical (unpaired) electrons. The van der Waals surface area contributed by atoms with E-state index in [1.54, 1.807) is 6.21 Å². The van der Waals surface area contributed by atoms with E-state index in [2.05, 4.69) is 37.4 Å². The number of amides is 1. The first-order chi connectivity index (χ1) is 16.1. The molecule has 11 heteroatoms. The average molecular weight is 475 g/mol. The third-order valence-electron chi connectivity index (χ3n) is 5.92. The third kappa shape index (κ3) is 5.66. The van der Waals surface area contributed by atoms with Gasteiger partial charge in [0, 0.05) is 19.4 Å². The zero-order chi connectivity index (χ0) is 23.2. The fourth-order valence-electron chi connectivity index (χ4n) is 4.18. The van der Waals surface area contributed by atoms with Crippen LogP contribution in [0.5, 0.6) is 5.75 Å². The standard InChI is InChI=1S/C22H27FN6O3S/c1-31-18-12-14(7-10-16(18)23)19(32-2)20(30)26-22-29-28-21(33-22)25-15-8-5-13(6-9-15)17-4-3-11-24-27-17/h3-4,7,10-13,15,17,19,27H,5-6,8-9H2,1-2H3,(H,25,28)(H,26,29,30)/t13?,15?,17-,19?/m1/s1. The fourth-order valence-corrected chi connectivity index (χ4v) is 4.91. The number of rotatable bonds is 8. The summed E-state index contributed by atoms with van der Waals surface area (Å²) in [4.78, 5) is 12.7. The van der Waals surface area contributed by atoms with Crippen molar-refractivity contribution in [3.05, 3.63) is 41.7 Å². The number of nitrogens with one attached hydrogen (secondary N) is 3. The Bertz CT molecular complexity index is 1020. The van der Waals surface area contributed by atoms with Gasteiger partial charge in [0.2, 0.25) is 10.3 Å². The summed E-state index contributed by atoms with van der Waals surface area (Å²) in [6.45, 7) is 0. The first kappa shape index (κ1) is 23.1. The van der Waals surface area contributed by atoms with Crippen LogP contribution in [0.4, 0.5) is 14.7 Å². The molecule has 1 unspecified atom stereocenters. The van der Waals surface area contributed by atoms with E-state index in [1.165, 1.54) is 43.8 Å². The van der Waals surface area contributed by atoms with Gasteiger partial charge in [-0.25, -0.2) is 4.39 Å². The summed E-state index contributed by atoms with van der Waals surface area (Å²) in [7, 11) is 2.78. The summed E-state index contributed by atoms with van der Waals surface area (Å²) >= 11 is 1.27. The Morgan fingerprint density at radius 3 is 2.70 bits per heavy atom. The molecule has 1 aliphatic heterocycles. The number of hydrogen-bond acceptors (Lipinski definition) is 9. The number of ether oxygens (including phenoxy) is 2. The van der Waals surface area contributed by atoms with Gasteiger partial charge < -0.3 is 20.2 Å². The van der Waals surface area contributed by atoms with Gasteiger partial charge in [-0.2, -0.15) is 5.10 Å². The Labute approximate surface area is 195 Å². The maximum Gasteiger partial charge on any atom is 0.259 e. The van der Waals surface area contributed by atoms with Crippen molar-refractivity contribution < 1.29 is 18.7 Å². The predicted octanol–water partition coefficient (Wildman–Crippen LogP) is 3.50. The third-order valence-corrected chi connectivity index (χ3v) is 6.69. The van der Waals surface area contributed by atoms with Gasteiger partial charge in [-0.05, 0) is 55.4 Å². The molecule has 0 spiro atoms. The first-order valence-electron chi connectivity index (χ1n) is 10.8. The molecule has 9 nitrogen and oxygen atoms in total. The average Bonchev–Trinajstić information content (AvgIpc) is 3.28. The van der Waals surface area contributed by atoms with Crippen molar-refractivity contribution in [3.63, 3.8) is 0 Å². The van der Waals surface area contributed by atoms with Crippen LogP contribution in [0.25, 0.3) is 0 Å². The van der Waals surface area contributed by atoms with Crippen LogP contribution < -0.4 is 20.8 Å². The molecule has 2 heterocycles. The number of allylic oxidation sites excluding steroid dienone is 1. The van der Waals surface area contributed by atoms with Crippen molar-refractivity contribution in [3.8, 4) is 5.75 Å². The molecule has 2 aliphatic rings. The van der Waals surface area contributed by atoms with E-state index in [9.17, 15) is 9.18 Å². The number of anilines is 2. The molecule has 1 saturated carbocycles. The summed E-state index contributed by atoms with van der Waals surface area (Å²) in [5.41, 5.74) is 3.65. The number of aromatic nitrogens is 2. The van der Waals surface area contributed by atoms with Crippen LogP contribution in [0.3, 0.4) is 0 Å². The van der Waals surface area contributed by atoms with Crippen molar-refractivity contribution in [2.75, 3.05) is 24.9 Å². The van der Waals surface area contributed by atoms with Crippen molar-refractivity contribution in [2.24, 2.45) is 11.0 Å². The molecule has 33 heavy (non-hydrogen) atoms. The van der Waals surface area contributed by atoms with Crippen molar-refractivity contribution in [1.29, 1.82) is 0 Å². The summed E-state index contributed by atoms with van der Waals surface area (Å²) in [5, 5.41) is 19.5. The number of halogens is 1. The second kappa shape index (κ2) is 10.7. The summed E-state index contributed by atoms with van der Waals surface area (Å²) < 4.78 is 24.0. The Balaban J connectivity index is 1.30. The van der Waals surface area contributed by atoms with E-state index >= 15 is 0 Å². The minimum absolute atomic E-state index is 0.0440. The second-order valence-corrected chi connectivity index (χ2v) is 8.96. The van der Waals surface area contributed by atoms with Crippen LogP contribution in [-0.2, 0) is 9.53 Å². The quantitative estimate of drug-likeness (QED) is 0.537. The lowest BCUT2D eigenvalue weighted by molar-refractivity contribution is -0.126. The van der Waals surface area contributed by atoms with Crippen molar-refractivity contribution >= 4 is 33.7 Å². The zero-order valence-electron chi connectivity index (χ0n) is 18.5. The fraction of sp³-hybridized carbons (Fsp3) is 0.455. The van der Waals surface area contributed by atoms with Crippen LogP contribution in [0.1, 0.15) is 37.4 Å². The number of benzene rings is 1. The van der Waals surface area contributed by atoms with Gasteiger partial charge in [0.05, 0.1) is 13.2 Å². The Morgan fingerprint density at radius 2 is 2.00 bits per heavy atom. The van der Waals surface area contributed by atoms with Gasteiger partial charge in [-0.15, -0.1) is 10.2 Å². The molecule has 1 aromatic heterocycles. The predicted molar refractivity (Wildman–Crippen MR) is 125 cm³/mol. The zero-order valence-corrected chi connectivity index (χ0v) is 19.3. The number of methoxy groups -OCH3 is 2. The van der Waals surface area contributed by atoms with E-state index in [4.69, 9.17) is 9.47 Å². The van der Waals surface area contributed by atoms with Crippen LogP contribution in [-0.4, -0.2) is 48.6 Å². The highest BCUT2D eigenvalue weighted by molar-refractivity contribution is 7.19. The molecule has 2 atom stereocenters. The smallest absolute Gasteiger partial charge is 0.259 e. The highest BCUT2D eigenvalue weighted by Crippen LogP contribution is 2.31. The molecule has 4 rings (SSSR count). The summed E-state index contributed by atoms with van der Waals surface area (Å²) in [6.07, 6.45) is 9.22. The SMILES string of the molecule is COc1cc(C(OC)C(=O)Nc2nnc(NC3CCC([C@H]4C=CC=NN4)CC3)s2)ccc1F. The summed E-state index contributed by atoms with van der Waals surface area (Å²) in [5.74, 6) is -0.324. The maximum absolute atomic E-state index is 13.7. The summed E-state index contributed by atoms with van der Waals surface area (Å²) in [6, 6.07) is 4.78. The van der Waals surface area contributed by atoms with Gasteiger partial charge in [-0.1, -0.05) is 23.5 Å². The molecule has 3 N–H and O–H groups in total. The minimum Gasteiger partial charge on any atom is -0.494 e. The molecule has 176 valence electrons. The van der Waals surface area contributed by atoms with E-state index in [1.807, 2.05) is 6.08 Å². The van der Waals surface area contributed by atoms with Crippen molar-refractivity contribution in [2.45, 2.75) is 43.9 Å². The number of hydrogen-bond donors (Lipinski definition) is 3. The largest absolute Gasteiger partial charge is 0.494 e. The lowest BCUT2D eigenvalue weighted by atomic mass is 9.81. The van der Waals surface area contributed by atoms with E-state index < -0.39 is 17.8 Å². The van der Waals surface area contributed by atoms with Crippen molar-refractivity contribution in [1.82, 2.24) is 15.6 Å². The first-order valence-corrected chi connectivity index (χ1v) is 11.6. The Morgan fingerprint density at radius 1 is 1.21 bits per heavy atom. The number of carbonyl (C=O) groups excluding carboxylic acids is 1. The highest BCUT2D eigenvalue weighted by Gasteiger charge is 2.28. The van der Waals surface area contributed by atoms with Crippen LogP contribution >= 0.6 is 11.3 Å². The van der Waals surface area contributed by atoms with E-state index in [-0.39, 0.29) is 5.75 Å². The lowest BCUT2D eigenvalue weighted by Gasteiger charge is -2.33. The molecule has 0 saturated heterocycles. The molecule has 1 amide bonds. The molecule has 1 fully saturated rings. The van der Waals surface area contributed by atoms with E-state index in [0.717, 1.165) is 25.7 Å². The minimum atomic E-state index is -0.943. The molecule has 1 aliphatic carbocycles.